The van der Waals surface area contributed by atoms with E-state index in [1.165, 1.54) is 6.07 Å². The number of phenols is 1. The molecular formula is C15H21NO4. The highest BCUT2D eigenvalue weighted by Crippen LogP contribution is 2.24. The lowest BCUT2D eigenvalue weighted by Gasteiger charge is -2.24. The van der Waals surface area contributed by atoms with Crippen molar-refractivity contribution in [1.29, 1.82) is 0 Å². The van der Waals surface area contributed by atoms with Crippen molar-refractivity contribution in [2.75, 3.05) is 19.7 Å². The van der Waals surface area contributed by atoms with Gasteiger partial charge in [-0.15, -0.1) is 0 Å². The Balaban J connectivity index is 2.11. The Kier molecular flexibility index (Phi) is 4.30. The number of amides is 1. The van der Waals surface area contributed by atoms with Crippen molar-refractivity contribution < 1.29 is 20.1 Å². The number of aliphatic hydroxyl groups excluding tert-OH is 1. The molecular weight excluding hydrogens is 258 g/mol. The summed E-state index contributed by atoms with van der Waals surface area (Å²) >= 11 is 0. The molecule has 1 heterocycles. The lowest BCUT2D eigenvalue weighted by atomic mass is 9.96. The fourth-order valence-corrected chi connectivity index (χ4v) is 2.51. The first-order chi connectivity index (χ1) is 9.45. The fourth-order valence-electron chi connectivity index (χ4n) is 2.51. The van der Waals surface area contributed by atoms with Crippen LogP contribution in [0, 0.1) is 6.92 Å². The van der Waals surface area contributed by atoms with Gasteiger partial charge in [-0.3, -0.25) is 4.79 Å². The van der Waals surface area contributed by atoms with E-state index < -0.39 is 5.60 Å². The molecule has 20 heavy (non-hydrogen) atoms. The number of benzene rings is 1. The SMILES string of the molecule is Cc1cc(C(=O)N2CCCC(O)(CO)CC2)ccc1O. The number of hydrogen-bond donors (Lipinski definition) is 3. The van der Waals surface area contributed by atoms with Crippen LogP contribution in [0.2, 0.25) is 0 Å². The van der Waals surface area contributed by atoms with Crippen LogP contribution in [0.4, 0.5) is 0 Å². The smallest absolute Gasteiger partial charge is 0.253 e. The summed E-state index contributed by atoms with van der Waals surface area (Å²) in [6.07, 6.45) is 1.55. The number of carbonyl (C=O) groups excluding carboxylic acids is 1. The lowest BCUT2D eigenvalue weighted by Crippen LogP contribution is -2.36. The van der Waals surface area contributed by atoms with E-state index in [1.807, 2.05) is 0 Å². The summed E-state index contributed by atoms with van der Waals surface area (Å²) in [5.74, 6) is 0.0716. The van der Waals surface area contributed by atoms with Gasteiger partial charge in [0.05, 0.1) is 12.2 Å². The summed E-state index contributed by atoms with van der Waals surface area (Å²) < 4.78 is 0. The van der Waals surface area contributed by atoms with Gasteiger partial charge in [0.2, 0.25) is 0 Å². The van der Waals surface area contributed by atoms with Crippen LogP contribution in [0.1, 0.15) is 35.2 Å². The maximum Gasteiger partial charge on any atom is 0.253 e. The predicted octanol–water partition coefficient (Wildman–Crippen LogP) is 1.05. The van der Waals surface area contributed by atoms with Crippen LogP contribution in [-0.4, -0.2) is 51.4 Å². The van der Waals surface area contributed by atoms with Crippen molar-refractivity contribution in [3.05, 3.63) is 29.3 Å². The van der Waals surface area contributed by atoms with Gasteiger partial charge in [-0.2, -0.15) is 0 Å². The van der Waals surface area contributed by atoms with Crippen LogP contribution in [0.3, 0.4) is 0 Å². The molecule has 1 amide bonds. The molecule has 1 saturated heterocycles. The van der Waals surface area contributed by atoms with Crippen LogP contribution in [0.5, 0.6) is 5.75 Å². The number of aliphatic hydroxyl groups is 2. The molecule has 0 saturated carbocycles. The number of likely N-dealkylation sites (tertiary alicyclic amines) is 1. The van der Waals surface area contributed by atoms with Crippen LogP contribution >= 0.6 is 0 Å². The van der Waals surface area contributed by atoms with E-state index in [9.17, 15) is 20.1 Å². The van der Waals surface area contributed by atoms with Gasteiger partial charge in [0.1, 0.15) is 5.75 Å². The van der Waals surface area contributed by atoms with Crippen molar-refractivity contribution in [3.63, 3.8) is 0 Å². The molecule has 2 rings (SSSR count). The molecule has 1 unspecified atom stereocenters. The van der Waals surface area contributed by atoms with Crippen molar-refractivity contribution >= 4 is 5.91 Å². The van der Waals surface area contributed by atoms with Crippen molar-refractivity contribution in [2.24, 2.45) is 0 Å². The first kappa shape index (κ1) is 14.8. The Bertz CT molecular complexity index is 503. The van der Waals surface area contributed by atoms with Crippen LogP contribution in [-0.2, 0) is 0 Å². The van der Waals surface area contributed by atoms with E-state index in [1.54, 1.807) is 24.0 Å². The molecule has 5 nitrogen and oxygen atoms in total. The Labute approximate surface area is 118 Å². The molecule has 3 N–H and O–H groups in total. The average molecular weight is 279 g/mol. The van der Waals surface area contributed by atoms with Crippen LogP contribution in [0.15, 0.2) is 18.2 Å². The number of phenolic OH excluding ortho intramolecular Hbond substituents is 1. The largest absolute Gasteiger partial charge is 0.508 e. The molecule has 1 atom stereocenters. The Morgan fingerprint density at radius 3 is 2.75 bits per heavy atom. The van der Waals surface area contributed by atoms with Gasteiger partial charge >= 0.3 is 0 Å². The number of aryl methyl sites for hydroxylation is 1. The zero-order chi connectivity index (χ0) is 14.8. The van der Waals surface area contributed by atoms with Gasteiger partial charge in [-0.25, -0.2) is 0 Å². The zero-order valence-corrected chi connectivity index (χ0v) is 11.7. The van der Waals surface area contributed by atoms with Gasteiger partial charge in [0, 0.05) is 18.7 Å². The molecule has 1 aliphatic heterocycles. The molecule has 0 aliphatic carbocycles. The van der Waals surface area contributed by atoms with Crippen LogP contribution in [0.25, 0.3) is 0 Å². The van der Waals surface area contributed by atoms with Gasteiger partial charge in [-0.05, 0) is 49.9 Å². The third kappa shape index (κ3) is 3.11. The number of hydrogen-bond acceptors (Lipinski definition) is 4. The summed E-state index contributed by atoms with van der Waals surface area (Å²) in [5.41, 5.74) is 0.132. The highest BCUT2D eigenvalue weighted by Gasteiger charge is 2.31. The number of carbonyl (C=O) groups is 1. The fraction of sp³-hybridized carbons (Fsp3) is 0.533. The number of nitrogens with zero attached hydrogens (tertiary/aromatic N) is 1. The normalized spacial score (nSPS) is 23.4. The zero-order valence-electron chi connectivity index (χ0n) is 11.7. The van der Waals surface area contributed by atoms with Crippen LogP contribution < -0.4 is 0 Å². The molecule has 1 aromatic rings. The summed E-state index contributed by atoms with van der Waals surface area (Å²) in [5, 5.41) is 28.8. The monoisotopic (exact) mass is 279 g/mol. The Morgan fingerprint density at radius 1 is 1.35 bits per heavy atom. The van der Waals surface area contributed by atoms with E-state index in [2.05, 4.69) is 0 Å². The molecule has 0 aromatic heterocycles. The third-order valence-corrected chi connectivity index (χ3v) is 3.94. The van der Waals surface area contributed by atoms with Gasteiger partial charge in [0.15, 0.2) is 0 Å². The van der Waals surface area contributed by atoms with E-state index in [4.69, 9.17) is 0 Å². The van der Waals surface area contributed by atoms with Gasteiger partial charge < -0.3 is 20.2 Å². The summed E-state index contributed by atoms with van der Waals surface area (Å²) in [4.78, 5) is 14.1. The molecule has 0 bridgehead atoms. The van der Waals surface area contributed by atoms with E-state index in [0.29, 0.717) is 43.5 Å². The minimum Gasteiger partial charge on any atom is -0.508 e. The number of rotatable bonds is 2. The first-order valence-electron chi connectivity index (χ1n) is 6.87. The standard InChI is InChI=1S/C15H21NO4/c1-11-9-12(3-4-13(11)18)14(19)16-7-2-5-15(20,10-17)6-8-16/h3-4,9,17-18,20H,2,5-8,10H2,1H3. The Hall–Kier alpha value is -1.59. The molecule has 1 aromatic carbocycles. The highest BCUT2D eigenvalue weighted by atomic mass is 16.3. The third-order valence-electron chi connectivity index (χ3n) is 3.94. The minimum absolute atomic E-state index is 0.102. The second-order valence-corrected chi connectivity index (χ2v) is 5.53. The minimum atomic E-state index is -1.07. The topological polar surface area (TPSA) is 81.0 Å². The van der Waals surface area contributed by atoms with Crippen molar-refractivity contribution in [2.45, 2.75) is 31.8 Å². The lowest BCUT2D eigenvalue weighted by molar-refractivity contribution is -0.0250. The average Bonchev–Trinajstić information content (AvgIpc) is 2.64. The maximum absolute atomic E-state index is 12.4. The van der Waals surface area contributed by atoms with E-state index in [-0.39, 0.29) is 18.3 Å². The highest BCUT2D eigenvalue weighted by molar-refractivity contribution is 5.94. The second kappa shape index (κ2) is 5.81. The second-order valence-electron chi connectivity index (χ2n) is 5.53. The van der Waals surface area contributed by atoms with E-state index >= 15 is 0 Å². The quantitative estimate of drug-likeness (QED) is 0.756. The first-order valence-corrected chi connectivity index (χ1v) is 6.87. The molecule has 0 radical (unpaired) electrons. The van der Waals surface area contributed by atoms with Gasteiger partial charge in [0.25, 0.3) is 5.91 Å². The molecule has 1 aliphatic rings. The maximum atomic E-state index is 12.4. The summed E-state index contributed by atoms with van der Waals surface area (Å²) in [7, 11) is 0. The summed E-state index contributed by atoms with van der Waals surface area (Å²) in [6, 6.07) is 4.79. The Morgan fingerprint density at radius 2 is 2.10 bits per heavy atom. The molecule has 5 heteroatoms. The van der Waals surface area contributed by atoms with Crippen molar-refractivity contribution in [1.82, 2.24) is 4.90 Å². The predicted molar refractivity (Wildman–Crippen MR) is 74.6 cm³/mol. The molecule has 0 spiro atoms. The molecule has 1 fully saturated rings. The molecule has 110 valence electrons. The van der Waals surface area contributed by atoms with E-state index in [0.717, 1.165) is 0 Å². The van der Waals surface area contributed by atoms with Crippen molar-refractivity contribution in [3.8, 4) is 5.75 Å². The summed E-state index contributed by atoms with van der Waals surface area (Å²) in [6.45, 7) is 2.48. The van der Waals surface area contributed by atoms with Gasteiger partial charge in [-0.1, -0.05) is 0 Å². The number of aromatic hydroxyl groups is 1.